The fourth-order valence-electron chi connectivity index (χ4n) is 2.32. The molecule has 0 aromatic carbocycles. The predicted octanol–water partition coefficient (Wildman–Crippen LogP) is 0.517. The van der Waals surface area contributed by atoms with Crippen LogP contribution in [-0.2, 0) is 14.3 Å². The van der Waals surface area contributed by atoms with Crippen LogP contribution in [-0.4, -0.2) is 60.6 Å². The van der Waals surface area contributed by atoms with Gasteiger partial charge in [0.15, 0.2) is 0 Å². The molecule has 1 amide bonds. The minimum Gasteiger partial charge on any atom is -0.465 e. The average molecular weight is 299 g/mol. The van der Waals surface area contributed by atoms with Crippen LogP contribution in [0.3, 0.4) is 0 Å². The lowest BCUT2D eigenvalue weighted by molar-refractivity contribution is -0.152. The zero-order valence-corrected chi connectivity index (χ0v) is 13.9. The molecule has 0 saturated carbocycles. The van der Waals surface area contributed by atoms with Crippen LogP contribution >= 0.6 is 0 Å². The molecule has 0 bridgehead atoms. The Morgan fingerprint density at radius 1 is 1.43 bits per heavy atom. The number of carbonyl (C=O) groups is 2. The molecule has 21 heavy (non-hydrogen) atoms. The second kappa shape index (κ2) is 7.75. The molecular weight excluding hydrogens is 270 g/mol. The summed E-state index contributed by atoms with van der Waals surface area (Å²) >= 11 is 0. The van der Waals surface area contributed by atoms with Crippen molar-refractivity contribution in [3.8, 4) is 0 Å². The highest BCUT2D eigenvalue weighted by molar-refractivity contribution is 5.83. The molecule has 2 atom stereocenters. The Labute approximate surface area is 127 Å². The molecule has 0 aromatic heterocycles. The summed E-state index contributed by atoms with van der Waals surface area (Å²) in [6.45, 7) is 12.0. The maximum Gasteiger partial charge on any atom is 0.324 e. The van der Waals surface area contributed by atoms with Crippen LogP contribution in [0.4, 0.5) is 0 Å². The van der Waals surface area contributed by atoms with Gasteiger partial charge in [0.05, 0.1) is 12.6 Å². The lowest BCUT2D eigenvalue weighted by Gasteiger charge is -2.39. The van der Waals surface area contributed by atoms with Gasteiger partial charge in [-0.1, -0.05) is 6.92 Å². The highest BCUT2D eigenvalue weighted by atomic mass is 16.5. The van der Waals surface area contributed by atoms with E-state index >= 15 is 0 Å². The Hall–Kier alpha value is -1.14. The maximum atomic E-state index is 12.4. The van der Waals surface area contributed by atoms with Gasteiger partial charge in [-0.2, -0.15) is 0 Å². The molecule has 0 spiro atoms. The number of nitrogens with one attached hydrogen (secondary N) is 2. The quantitative estimate of drug-likeness (QED) is 0.700. The number of rotatable bonds is 6. The van der Waals surface area contributed by atoms with E-state index in [0.717, 1.165) is 13.0 Å². The number of carbonyl (C=O) groups excluding carboxylic acids is 2. The van der Waals surface area contributed by atoms with Crippen LogP contribution in [0.5, 0.6) is 0 Å². The van der Waals surface area contributed by atoms with E-state index in [2.05, 4.69) is 10.6 Å². The zero-order chi connectivity index (χ0) is 16.0. The van der Waals surface area contributed by atoms with Crippen LogP contribution in [0.1, 0.15) is 41.0 Å². The van der Waals surface area contributed by atoms with Crippen molar-refractivity contribution >= 4 is 11.9 Å². The summed E-state index contributed by atoms with van der Waals surface area (Å²) in [5, 5.41) is 6.22. The molecule has 6 heteroatoms. The molecule has 1 saturated heterocycles. The number of hydrogen-bond acceptors (Lipinski definition) is 5. The van der Waals surface area contributed by atoms with E-state index in [-0.39, 0.29) is 23.5 Å². The standard InChI is InChI=1S/C15H29N3O3/c1-6-15(4,5)17-13(19)11(3)18-9-8-16-10-12(18)14(20)21-7-2/h11-12,16H,6-10H2,1-5H3,(H,17,19). The molecule has 0 radical (unpaired) electrons. The minimum absolute atomic E-state index is 0.0435. The van der Waals surface area contributed by atoms with Gasteiger partial charge in [-0.15, -0.1) is 0 Å². The number of esters is 1. The van der Waals surface area contributed by atoms with Crippen LogP contribution in [0.2, 0.25) is 0 Å². The molecule has 1 fully saturated rings. The van der Waals surface area contributed by atoms with Crippen molar-refractivity contribution < 1.29 is 14.3 Å². The highest BCUT2D eigenvalue weighted by Crippen LogP contribution is 2.13. The summed E-state index contributed by atoms with van der Waals surface area (Å²) in [6.07, 6.45) is 0.855. The summed E-state index contributed by atoms with van der Waals surface area (Å²) in [5.74, 6) is -0.308. The highest BCUT2D eigenvalue weighted by Gasteiger charge is 2.36. The minimum atomic E-state index is -0.399. The zero-order valence-electron chi connectivity index (χ0n) is 13.9. The third kappa shape index (κ3) is 4.97. The molecule has 1 heterocycles. The van der Waals surface area contributed by atoms with E-state index in [1.54, 1.807) is 6.92 Å². The number of nitrogens with zero attached hydrogens (tertiary/aromatic N) is 1. The van der Waals surface area contributed by atoms with Crippen molar-refractivity contribution in [3.05, 3.63) is 0 Å². The number of amides is 1. The first-order valence-electron chi connectivity index (χ1n) is 7.77. The molecule has 1 rings (SSSR count). The van der Waals surface area contributed by atoms with Crippen LogP contribution in [0, 0.1) is 0 Å². The topological polar surface area (TPSA) is 70.7 Å². The van der Waals surface area contributed by atoms with E-state index in [1.165, 1.54) is 0 Å². The Bertz CT molecular complexity index is 371. The van der Waals surface area contributed by atoms with Gasteiger partial charge in [0, 0.05) is 25.2 Å². The van der Waals surface area contributed by atoms with Gasteiger partial charge >= 0.3 is 5.97 Å². The van der Waals surface area contributed by atoms with E-state index in [0.29, 0.717) is 19.7 Å². The summed E-state index contributed by atoms with van der Waals surface area (Å²) in [5.41, 5.74) is -0.237. The molecule has 1 aliphatic heterocycles. The van der Waals surface area contributed by atoms with Gasteiger partial charge < -0.3 is 15.4 Å². The Morgan fingerprint density at radius 2 is 2.10 bits per heavy atom. The molecule has 0 aromatic rings. The van der Waals surface area contributed by atoms with E-state index in [9.17, 15) is 9.59 Å². The largest absolute Gasteiger partial charge is 0.465 e. The monoisotopic (exact) mass is 299 g/mol. The molecular formula is C15H29N3O3. The predicted molar refractivity (Wildman–Crippen MR) is 82.0 cm³/mol. The molecule has 0 aliphatic carbocycles. The first kappa shape index (κ1) is 17.9. The van der Waals surface area contributed by atoms with Crippen molar-refractivity contribution in [2.45, 2.75) is 58.7 Å². The average Bonchev–Trinajstić information content (AvgIpc) is 2.46. The molecule has 1 aliphatic rings. The summed E-state index contributed by atoms with van der Waals surface area (Å²) < 4.78 is 5.11. The maximum absolute atomic E-state index is 12.4. The van der Waals surface area contributed by atoms with Crippen LogP contribution in [0.15, 0.2) is 0 Å². The lowest BCUT2D eigenvalue weighted by atomic mass is 10.0. The van der Waals surface area contributed by atoms with Gasteiger partial charge in [0.25, 0.3) is 0 Å². The molecule has 122 valence electrons. The van der Waals surface area contributed by atoms with Crippen LogP contribution < -0.4 is 10.6 Å². The third-order valence-corrected chi connectivity index (χ3v) is 4.07. The summed E-state index contributed by atoms with van der Waals surface area (Å²) in [6, 6.07) is -0.753. The van der Waals surface area contributed by atoms with E-state index in [1.807, 2.05) is 32.6 Å². The fourth-order valence-corrected chi connectivity index (χ4v) is 2.32. The van der Waals surface area contributed by atoms with E-state index in [4.69, 9.17) is 4.74 Å². The van der Waals surface area contributed by atoms with Gasteiger partial charge in [-0.05, 0) is 34.1 Å². The second-order valence-corrected chi connectivity index (χ2v) is 6.11. The Balaban J connectivity index is 2.74. The first-order chi connectivity index (χ1) is 9.82. The molecule has 2 unspecified atom stereocenters. The number of ether oxygens (including phenoxy) is 1. The summed E-state index contributed by atoms with van der Waals surface area (Å²) in [4.78, 5) is 26.4. The third-order valence-electron chi connectivity index (χ3n) is 4.07. The SMILES string of the molecule is CCOC(=O)C1CNCCN1C(C)C(=O)NC(C)(C)CC. The molecule has 2 N–H and O–H groups in total. The second-order valence-electron chi connectivity index (χ2n) is 6.11. The van der Waals surface area contributed by atoms with Crippen molar-refractivity contribution in [1.29, 1.82) is 0 Å². The summed E-state index contributed by atoms with van der Waals surface area (Å²) in [7, 11) is 0. The normalized spacial score (nSPS) is 21.7. The van der Waals surface area contributed by atoms with Crippen LogP contribution in [0.25, 0.3) is 0 Å². The van der Waals surface area contributed by atoms with Gasteiger partial charge in [0.1, 0.15) is 6.04 Å². The fraction of sp³-hybridized carbons (Fsp3) is 0.867. The van der Waals surface area contributed by atoms with Crippen molar-refractivity contribution in [2.75, 3.05) is 26.2 Å². The van der Waals surface area contributed by atoms with Crippen molar-refractivity contribution in [1.82, 2.24) is 15.5 Å². The Morgan fingerprint density at radius 3 is 2.67 bits per heavy atom. The molecule has 6 nitrogen and oxygen atoms in total. The lowest BCUT2D eigenvalue weighted by Crippen LogP contribution is -2.62. The number of hydrogen-bond donors (Lipinski definition) is 2. The van der Waals surface area contributed by atoms with Gasteiger partial charge in [-0.25, -0.2) is 0 Å². The first-order valence-corrected chi connectivity index (χ1v) is 7.77. The Kier molecular flexibility index (Phi) is 6.61. The van der Waals surface area contributed by atoms with Gasteiger partial charge in [-0.3, -0.25) is 14.5 Å². The van der Waals surface area contributed by atoms with E-state index < -0.39 is 6.04 Å². The van der Waals surface area contributed by atoms with Crippen molar-refractivity contribution in [2.24, 2.45) is 0 Å². The van der Waals surface area contributed by atoms with Gasteiger partial charge in [0.2, 0.25) is 5.91 Å². The smallest absolute Gasteiger partial charge is 0.324 e. The number of piperazine rings is 1. The van der Waals surface area contributed by atoms with Crippen molar-refractivity contribution in [3.63, 3.8) is 0 Å².